The minimum Gasteiger partial charge on any atom is -0.485 e. The lowest BCUT2D eigenvalue weighted by Crippen LogP contribution is -2.48. The smallest absolute Gasteiger partial charge is 0.321 e. The predicted octanol–water partition coefficient (Wildman–Crippen LogP) is 2.41. The number of thioether (sulfide) groups is 1. The number of hydrogen-bond acceptors (Lipinski definition) is 6. The lowest BCUT2D eigenvalue weighted by Gasteiger charge is -2.20. The molecule has 0 radical (unpaired) electrons. The molecule has 3 amide bonds. The number of rotatable bonds is 6. The van der Waals surface area contributed by atoms with Crippen LogP contribution >= 0.6 is 11.8 Å². The van der Waals surface area contributed by atoms with Crippen LogP contribution in [0.1, 0.15) is 32.2 Å². The quantitative estimate of drug-likeness (QED) is 0.667. The van der Waals surface area contributed by atoms with Gasteiger partial charge in [-0.2, -0.15) is 0 Å². The number of nitrogens with one attached hydrogen (secondary N) is 3. The highest BCUT2D eigenvalue weighted by Crippen LogP contribution is 2.18. The lowest BCUT2D eigenvalue weighted by atomic mass is 10.1. The van der Waals surface area contributed by atoms with E-state index in [0.717, 1.165) is 23.1 Å². The Morgan fingerprint density at radius 1 is 1.27 bits per heavy atom. The van der Waals surface area contributed by atoms with Crippen molar-refractivity contribution in [3.8, 4) is 5.75 Å². The number of aromatic nitrogens is 3. The van der Waals surface area contributed by atoms with Crippen molar-refractivity contribution >= 4 is 23.7 Å². The van der Waals surface area contributed by atoms with Gasteiger partial charge in [0, 0.05) is 5.54 Å². The number of benzene rings is 1. The number of nitrogens with zero attached hydrogens (tertiary/aromatic N) is 2. The number of ether oxygens (including phenoxy) is 1. The molecule has 1 aromatic carbocycles. The number of hydrogen-bond donors (Lipinski definition) is 3. The molecule has 0 unspecified atom stereocenters. The van der Waals surface area contributed by atoms with Gasteiger partial charge in [0.2, 0.25) is 11.1 Å². The number of urea groups is 1. The third-order valence-electron chi connectivity index (χ3n) is 3.04. The first-order valence-electron chi connectivity index (χ1n) is 8.07. The summed E-state index contributed by atoms with van der Waals surface area (Å²) < 4.78 is 5.69. The zero-order chi connectivity index (χ0) is 19.2. The summed E-state index contributed by atoms with van der Waals surface area (Å²) in [6.45, 7) is 7.71. The van der Waals surface area contributed by atoms with E-state index in [4.69, 9.17) is 4.74 Å². The van der Waals surface area contributed by atoms with Gasteiger partial charge in [0.1, 0.15) is 12.4 Å². The van der Waals surface area contributed by atoms with Gasteiger partial charge >= 0.3 is 6.03 Å². The average molecular weight is 377 g/mol. The first-order valence-corrected chi connectivity index (χ1v) is 9.06. The summed E-state index contributed by atoms with van der Waals surface area (Å²) in [7, 11) is 0. The standard InChI is InChI=1S/C17H23N5O3S/c1-11-7-5-6-8-12(11)25-9-13-18-16(22-21-13)26-10-14(23)19-15(24)20-17(2,3)4/h5-8H,9-10H2,1-4H3,(H,18,21,22)(H2,19,20,23,24). The highest BCUT2D eigenvalue weighted by molar-refractivity contribution is 7.99. The van der Waals surface area contributed by atoms with Gasteiger partial charge in [-0.3, -0.25) is 15.2 Å². The fourth-order valence-corrected chi connectivity index (χ4v) is 2.55. The molecular weight excluding hydrogens is 354 g/mol. The average Bonchev–Trinajstić information content (AvgIpc) is 2.98. The van der Waals surface area contributed by atoms with Gasteiger partial charge in [-0.05, 0) is 39.3 Å². The molecule has 0 aliphatic heterocycles. The van der Waals surface area contributed by atoms with Crippen molar-refractivity contribution in [2.24, 2.45) is 0 Å². The van der Waals surface area contributed by atoms with E-state index in [1.54, 1.807) is 0 Å². The van der Waals surface area contributed by atoms with Crippen LogP contribution in [0.15, 0.2) is 29.4 Å². The van der Waals surface area contributed by atoms with Crippen molar-refractivity contribution in [2.45, 2.75) is 45.0 Å². The molecule has 26 heavy (non-hydrogen) atoms. The molecule has 0 bridgehead atoms. The number of carbonyl (C=O) groups excluding carboxylic acids is 2. The number of aromatic amines is 1. The van der Waals surface area contributed by atoms with Crippen LogP contribution in [0.5, 0.6) is 5.75 Å². The summed E-state index contributed by atoms with van der Waals surface area (Å²) in [5.41, 5.74) is 0.625. The number of H-pyrrole nitrogens is 1. The van der Waals surface area contributed by atoms with Gasteiger partial charge in [-0.1, -0.05) is 30.0 Å². The molecule has 0 aliphatic rings. The van der Waals surface area contributed by atoms with E-state index in [0.29, 0.717) is 11.0 Å². The first kappa shape index (κ1) is 19.8. The molecule has 0 spiro atoms. The summed E-state index contributed by atoms with van der Waals surface area (Å²) in [4.78, 5) is 27.7. The summed E-state index contributed by atoms with van der Waals surface area (Å²) in [6, 6.07) is 7.17. The van der Waals surface area contributed by atoms with Gasteiger partial charge in [0.05, 0.1) is 5.75 Å². The third kappa shape index (κ3) is 6.75. The van der Waals surface area contributed by atoms with Crippen LogP contribution in [-0.2, 0) is 11.4 Å². The number of imide groups is 1. The summed E-state index contributed by atoms with van der Waals surface area (Å²) in [6.07, 6.45) is 0. The van der Waals surface area contributed by atoms with Crippen LogP contribution in [0.4, 0.5) is 4.79 Å². The van der Waals surface area contributed by atoms with E-state index in [9.17, 15) is 9.59 Å². The number of aryl methyl sites for hydroxylation is 1. The molecule has 2 rings (SSSR count). The second-order valence-corrected chi connectivity index (χ2v) is 7.60. The molecule has 3 N–H and O–H groups in total. The fraction of sp³-hybridized carbons (Fsp3) is 0.412. The molecular formula is C17H23N5O3S. The Hall–Kier alpha value is -2.55. The largest absolute Gasteiger partial charge is 0.485 e. The highest BCUT2D eigenvalue weighted by atomic mass is 32.2. The van der Waals surface area contributed by atoms with E-state index in [-0.39, 0.29) is 12.4 Å². The zero-order valence-electron chi connectivity index (χ0n) is 15.3. The first-order chi connectivity index (χ1) is 12.2. The van der Waals surface area contributed by atoms with Crippen molar-refractivity contribution in [1.29, 1.82) is 0 Å². The van der Waals surface area contributed by atoms with Crippen LogP contribution in [0.2, 0.25) is 0 Å². The zero-order valence-corrected chi connectivity index (χ0v) is 16.1. The Kier molecular flexibility index (Phi) is 6.62. The van der Waals surface area contributed by atoms with E-state index in [2.05, 4.69) is 25.8 Å². The Morgan fingerprint density at radius 2 is 2.00 bits per heavy atom. The number of carbonyl (C=O) groups is 2. The Balaban J connectivity index is 1.77. The van der Waals surface area contributed by atoms with Crippen LogP contribution in [0.3, 0.4) is 0 Å². The van der Waals surface area contributed by atoms with Crippen molar-refractivity contribution in [1.82, 2.24) is 25.8 Å². The van der Waals surface area contributed by atoms with E-state index in [1.165, 1.54) is 0 Å². The predicted molar refractivity (Wildman–Crippen MR) is 99.0 cm³/mol. The van der Waals surface area contributed by atoms with Gasteiger partial charge in [0.15, 0.2) is 5.82 Å². The second kappa shape index (κ2) is 8.70. The maximum atomic E-state index is 11.8. The molecule has 0 aliphatic carbocycles. The maximum absolute atomic E-state index is 11.8. The summed E-state index contributed by atoms with van der Waals surface area (Å²) in [5.74, 6) is 0.955. The second-order valence-electron chi connectivity index (χ2n) is 6.66. The van der Waals surface area contributed by atoms with E-state index in [1.807, 2.05) is 52.0 Å². The molecule has 2 aromatic rings. The minimum atomic E-state index is -0.523. The van der Waals surface area contributed by atoms with Crippen LogP contribution in [-0.4, -0.2) is 38.4 Å². The monoisotopic (exact) mass is 377 g/mol. The Bertz CT molecular complexity index is 770. The summed E-state index contributed by atoms with van der Waals surface area (Å²) >= 11 is 1.13. The molecule has 8 nitrogen and oxygen atoms in total. The lowest BCUT2D eigenvalue weighted by molar-refractivity contribution is -0.117. The Labute approximate surface area is 156 Å². The van der Waals surface area contributed by atoms with E-state index >= 15 is 0 Å². The third-order valence-corrected chi connectivity index (χ3v) is 3.89. The number of amides is 3. The molecule has 0 saturated heterocycles. The highest BCUT2D eigenvalue weighted by Gasteiger charge is 2.16. The Morgan fingerprint density at radius 3 is 2.69 bits per heavy atom. The maximum Gasteiger partial charge on any atom is 0.321 e. The number of para-hydroxylation sites is 1. The van der Waals surface area contributed by atoms with Crippen molar-refractivity contribution in [3.05, 3.63) is 35.7 Å². The topological polar surface area (TPSA) is 109 Å². The van der Waals surface area contributed by atoms with Crippen molar-refractivity contribution in [2.75, 3.05) is 5.75 Å². The van der Waals surface area contributed by atoms with E-state index < -0.39 is 17.5 Å². The fourth-order valence-electron chi connectivity index (χ4n) is 1.94. The molecule has 0 atom stereocenters. The van der Waals surface area contributed by atoms with Gasteiger partial charge < -0.3 is 10.1 Å². The van der Waals surface area contributed by atoms with Crippen molar-refractivity contribution in [3.63, 3.8) is 0 Å². The van der Waals surface area contributed by atoms with Crippen LogP contribution in [0, 0.1) is 6.92 Å². The molecule has 140 valence electrons. The minimum absolute atomic E-state index is 0.0352. The van der Waals surface area contributed by atoms with Gasteiger partial charge in [-0.15, -0.1) is 5.10 Å². The SMILES string of the molecule is Cc1ccccc1OCc1nc(SCC(=O)NC(=O)NC(C)(C)C)n[nH]1. The molecule has 0 fully saturated rings. The molecule has 1 aromatic heterocycles. The van der Waals surface area contributed by atoms with Crippen LogP contribution in [0.25, 0.3) is 0 Å². The van der Waals surface area contributed by atoms with Crippen LogP contribution < -0.4 is 15.4 Å². The molecule has 1 heterocycles. The summed E-state index contributed by atoms with van der Waals surface area (Å²) in [5, 5.41) is 12.1. The molecule has 9 heteroatoms. The van der Waals surface area contributed by atoms with Crippen molar-refractivity contribution < 1.29 is 14.3 Å². The van der Waals surface area contributed by atoms with Gasteiger partial charge in [-0.25, -0.2) is 9.78 Å². The molecule has 0 saturated carbocycles. The normalized spacial score (nSPS) is 11.1. The van der Waals surface area contributed by atoms with Gasteiger partial charge in [0.25, 0.3) is 0 Å².